The lowest BCUT2D eigenvalue weighted by Crippen LogP contribution is -2.24. The van der Waals surface area contributed by atoms with Crippen LogP contribution in [0.1, 0.15) is 32.4 Å². The summed E-state index contributed by atoms with van der Waals surface area (Å²) in [5.74, 6) is 0.440. The van der Waals surface area contributed by atoms with Gasteiger partial charge < -0.3 is 15.1 Å². The zero-order chi connectivity index (χ0) is 20.1. The van der Waals surface area contributed by atoms with Crippen LogP contribution in [-0.4, -0.2) is 25.9 Å². The van der Waals surface area contributed by atoms with E-state index in [2.05, 4.69) is 15.6 Å². The molecule has 0 spiro atoms. The number of fused-ring (bicyclic) bond motifs is 1. The topological polar surface area (TPSA) is 111 Å². The van der Waals surface area contributed by atoms with E-state index >= 15 is 0 Å². The van der Waals surface area contributed by atoms with Gasteiger partial charge in [0.2, 0.25) is 11.8 Å². The van der Waals surface area contributed by atoms with Crippen molar-refractivity contribution in [1.29, 1.82) is 0 Å². The number of hydrogen-bond donors (Lipinski definition) is 2. The number of pyridine rings is 1. The van der Waals surface area contributed by atoms with E-state index in [0.717, 1.165) is 5.52 Å². The maximum Gasteiger partial charge on any atom is 0.330 e. The molecule has 3 heterocycles. The Labute approximate surface area is 161 Å². The van der Waals surface area contributed by atoms with E-state index in [1.54, 1.807) is 33.4 Å². The first-order valence-electron chi connectivity index (χ1n) is 9.22. The van der Waals surface area contributed by atoms with Crippen molar-refractivity contribution in [2.24, 2.45) is 0 Å². The quantitative estimate of drug-likeness (QED) is 0.615. The molecule has 2 amide bonds. The molecular formula is C19H23N5O4. The minimum absolute atomic E-state index is 0.0280. The van der Waals surface area contributed by atoms with Gasteiger partial charge in [0.15, 0.2) is 5.65 Å². The van der Waals surface area contributed by atoms with Gasteiger partial charge in [-0.15, -0.1) is 0 Å². The Morgan fingerprint density at radius 3 is 2.50 bits per heavy atom. The molecule has 0 aliphatic carbocycles. The fraction of sp³-hybridized carbons (Fsp3) is 0.368. The fourth-order valence-electron chi connectivity index (χ4n) is 2.97. The molecule has 3 aromatic heterocycles. The Balaban J connectivity index is 1.60. The lowest BCUT2D eigenvalue weighted by Gasteiger charge is -2.06. The van der Waals surface area contributed by atoms with Crippen molar-refractivity contribution in [2.75, 3.05) is 5.32 Å². The van der Waals surface area contributed by atoms with E-state index in [9.17, 15) is 14.4 Å². The van der Waals surface area contributed by atoms with Crippen molar-refractivity contribution in [2.45, 2.75) is 46.3 Å². The van der Waals surface area contributed by atoms with Crippen molar-refractivity contribution in [3.63, 3.8) is 0 Å². The summed E-state index contributed by atoms with van der Waals surface area (Å²) in [4.78, 5) is 40.7. The summed E-state index contributed by atoms with van der Waals surface area (Å²) in [6.07, 6.45) is 1.62. The van der Waals surface area contributed by atoms with Crippen LogP contribution in [0.2, 0.25) is 0 Å². The van der Waals surface area contributed by atoms with Crippen LogP contribution >= 0.6 is 0 Å². The first kappa shape index (κ1) is 19.4. The molecule has 0 aliphatic rings. The minimum atomic E-state index is -0.319. The highest BCUT2D eigenvalue weighted by atomic mass is 16.3. The Kier molecular flexibility index (Phi) is 5.93. The first-order valence-corrected chi connectivity index (χ1v) is 9.22. The van der Waals surface area contributed by atoms with Gasteiger partial charge in [0, 0.05) is 25.9 Å². The third-order valence-corrected chi connectivity index (χ3v) is 4.38. The van der Waals surface area contributed by atoms with Crippen LogP contribution in [-0.2, 0) is 29.2 Å². The molecule has 0 unspecified atom stereocenters. The van der Waals surface area contributed by atoms with Gasteiger partial charge in [-0.2, -0.15) is 0 Å². The van der Waals surface area contributed by atoms with Gasteiger partial charge >= 0.3 is 5.69 Å². The number of rotatable bonds is 8. The van der Waals surface area contributed by atoms with Gasteiger partial charge in [-0.25, -0.2) is 9.78 Å². The van der Waals surface area contributed by atoms with E-state index in [4.69, 9.17) is 4.42 Å². The standard InChI is InChI=1S/C19H23N5O4/c1-3-23-14-7-8-15(22-18(14)24(4-2)19(23)27)21-17(26)10-9-16(25)20-12-13-6-5-11-28-13/h5-8,11H,3-4,9-10,12H2,1-2H3,(H,20,25)(H,21,22,26). The lowest BCUT2D eigenvalue weighted by atomic mass is 10.2. The molecule has 3 aromatic rings. The Bertz CT molecular complexity index is 1030. The van der Waals surface area contributed by atoms with Crippen molar-refractivity contribution >= 4 is 28.8 Å². The fourth-order valence-corrected chi connectivity index (χ4v) is 2.97. The number of nitrogens with one attached hydrogen (secondary N) is 2. The van der Waals surface area contributed by atoms with Crippen LogP contribution in [0, 0.1) is 0 Å². The second kappa shape index (κ2) is 8.55. The third kappa shape index (κ3) is 4.13. The number of aromatic nitrogens is 3. The maximum absolute atomic E-state index is 12.4. The number of hydrogen-bond acceptors (Lipinski definition) is 5. The smallest absolute Gasteiger partial charge is 0.330 e. The molecule has 0 saturated carbocycles. The first-order chi connectivity index (χ1) is 13.5. The average Bonchev–Trinajstić information content (AvgIpc) is 3.29. The number of nitrogens with zero attached hydrogens (tertiary/aromatic N) is 3. The Hall–Kier alpha value is -3.36. The minimum Gasteiger partial charge on any atom is -0.467 e. The SMILES string of the molecule is CCn1c(=O)n(CC)c2nc(NC(=O)CCC(=O)NCc3ccco3)ccc21. The molecule has 3 rings (SSSR count). The molecule has 0 radical (unpaired) electrons. The van der Waals surface area contributed by atoms with Gasteiger partial charge in [0.1, 0.15) is 11.6 Å². The van der Waals surface area contributed by atoms with Crippen molar-refractivity contribution in [3.8, 4) is 0 Å². The summed E-state index contributed by atoms with van der Waals surface area (Å²) in [6, 6.07) is 6.93. The maximum atomic E-state index is 12.4. The van der Waals surface area contributed by atoms with Gasteiger partial charge in [-0.1, -0.05) is 0 Å². The molecule has 148 valence electrons. The summed E-state index contributed by atoms with van der Waals surface area (Å²) < 4.78 is 8.34. The van der Waals surface area contributed by atoms with Gasteiger partial charge in [-0.05, 0) is 38.1 Å². The molecule has 0 atom stereocenters. The summed E-state index contributed by atoms with van der Waals surface area (Å²) >= 11 is 0. The highest BCUT2D eigenvalue weighted by Gasteiger charge is 2.14. The number of anilines is 1. The summed E-state index contributed by atoms with van der Waals surface area (Å²) in [5.41, 5.74) is 1.14. The van der Waals surface area contributed by atoms with Crippen LogP contribution in [0.15, 0.2) is 39.7 Å². The summed E-state index contributed by atoms with van der Waals surface area (Å²) in [7, 11) is 0. The third-order valence-electron chi connectivity index (χ3n) is 4.38. The summed E-state index contributed by atoms with van der Waals surface area (Å²) in [6.45, 7) is 5.09. The van der Waals surface area contributed by atoms with E-state index in [0.29, 0.717) is 30.3 Å². The van der Waals surface area contributed by atoms with Gasteiger partial charge in [-0.3, -0.25) is 18.7 Å². The Morgan fingerprint density at radius 2 is 1.82 bits per heavy atom. The number of furan rings is 1. The number of amides is 2. The van der Waals surface area contributed by atoms with Crippen LogP contribution in [0.4, 0.5) is 5.82 Å². The molecule has 0 fully saturated rings. The average molecular weight is 385 g/mol. The number of carbonyl (C=O) groups excluding carboxylic acids is 2. The molecule has 9 nitrogen and oxygen atoms in total. The van der Waals surface area contributed by atoms with Crippen molar-refractivity contribution in [1.82, 2.24) is 19.4 Å². The molecule has 0 aliphatic heterocycles. The van der Waals surface area contributed by atoms with Crippen molar-refractivity contribution in [3.05, 3.63) is 46.8 Å². The molecule has 9 heteroatoms. The second-order valence-electron chi connectivity index (χ2n) is 6.21. The van der Waals surface area contributed by atoms with Gasteiger partial charge in [0.25, 0.3) is 0 Å². The molecule has 0 saturated heterocycles. The molecule has 2 N–H and O–H groups in total. The molecule has 0 aromatic carbocycles. The van der Waals surface area contributed by atoms with Crippen LogP contribution in [0.25, 0.3) is 11.2 Å². The summed E-state index contributed by atoms with van der Waals surface area (Å²) in [5, 5.41) is 5.37. The molecular weight excluding hydrogens is 362 g/mol. The normalized spacial score (nSPS) is 10.9. The highest BCUT2D eigenvalue weighted by molar-refractivity contribution is 5.93. The zero-order valence-electron chi connectivity index (χ0n) is 15.9. The highest BCUT2D eigenvalue weighted by Crippen LogP contribution is 2.15. The van der Waals surface area contributed by atoms with E-state index < -0.39 is 0 Å². The van der Waals surface area contributed by atoms with E-state index in [1.165, 1.54) is 6.26 Å². The second-order valence-corrected chi connectivity index (χ2v) is 6.21. The van der Waals surface area contributed by atoms with E-state index in [1.807, 2.05) is 13.8 Å². The monoisotopic (exact) mass is 385 g/mol. The lowest BCUT2D eigenvalue weighted by molar-refractivity contribution is -0.124. The van der Waals surface area contributed by atoms with Crippen molar-refractivity contribution < 1.29 is 14.0 Å². The van der Waals surface area contributed by atoms with Gasteiger partial charge in [0.05, 0.1) is 18.3 Å². The Morgan fingerprint density at radius 1 is 1.07 bits per heavy atom. The molecule has 28 heavy (non-hydrogen) atoms. The van der Waals surface area contributed by atoms with Crippen LogP contribution in [0.3, 0.4) is 0 Å². The van der Waals surface area contributed by atoms with E-state index in [-0.39, 0.29) is 36.9 Å². The number of carbonyl (C=O) groups is 2. The zero-order valence-corrected chi connectivity index (χ0v) is 15.9. The predicted molar refractivity (Wildman–Crippen MR) is 104 cm³/mol. The predicted octanol–water partition coefficient (Wildman–Crippen LogP) is 1.87. The largest absolute Gasteiger partial charge is 0.467 e. The number of imidazole rings is 1. The number of aryl methyl sites for hydroxylation is 2. The molecule has 0 bridgehead atoms. The van der Waals surface area contributed by atoms with Crippen LogP contribution < -0.4 is 16.3 Å². The van der Waals surface area contributed by atoms with Crippen LogP contribution in [0.5, 0.6) is 0 Å².